The summed E-state index contributed by atoms with van der Waals surface area (Å²) >= 11 is 0. The molecule has 18 nitrogen and oxygen atoms in total. The van der Waals surface area contributed by atoms with Crippen LogP contribution in [0, 0.1) is 11.8 Å². The molecule has 0 bridgehead atoms. The highest BCUT2D eigenvalue weighted by molar-refractivity contribution is 5.87. The molecule has 4 amide bonds. The van der Waals surface area contributed by atoms with Crippen LogP contribution in [-0.2, 0) is 19.1 Å². The Morgan fingerprint density at radius 3 is 1.48 bits per heavy atom. The van der Waals surface area contributed by atoms with Gasteiger partial charge in [-0.25, -0.2) is 9.59 Å². The summed E-state index contributed by atoms with van der Waals surface area (Å²) in [4.78, 5) is 61.7. The third-order valence-electron chi connectivity index (χ3n) is 11.5. The molecule has 4 N–H and O–H groups in total. The van der Waals surface area contributed by atoms with E-state index in [0.717, 1.165) is 12.8 Å². The topological polar surface area (TPSA) is 219 Å². The molecule has 2 fully saturated rings. The van der Waals surface area contributed by atoms with Crippen LogP contribution in [-0.4, -0.2) is 104 Å². The molecule has 0 radical (unpaired) electrons. The number of fused-ring (bicyclic) bond motifs is 2. The Bertz CT molecular complexity index is 2000. The number of benzene rings is 2. The molecule has 58 heavy (non-hydrogen) atoms. The van der Waals surface area contributed by atoms with Gasteiger partial charge in [0.25, 0.3) is 0 Å². The first-order valence-electron chi connectivity index (χ1n) is 19.8. The molecular formula is C40H50N10O8. The second-order valence-corrected chi connectivity index (χ2v) is 15.0. The standard InChI is InChI=1S/C40H50N10O8/c1-7-21(3)31(41-39(53)55-5)37(51)49-17-9-11-25(49)35-43-33(45-47-35)23-13-15-27-29(19-23)57-28-16-14-24(20-30(28)58-27)34-44-36(48-46-34)26-12-10-18-50(26)38(52)32(22(4)8-2)42-40(54)56-6/h13-16,19-22,25-26,31-32H,7-12,17-18H2,1-6H3,(H,41,53)(H,42,54)(H,43,45,47)(H,44,46,48)/t21-,22-,25-,26-,31-,32-/m0/s1. The highest BCUT2D eigenvalue weighted by atomic mass is 16.6. The summed E-state index contributed by atoms with van der Waals surface area (Å²) < 4.78 is 22.1. The molecule has 2 aromatic carbocycles. The van der Waals surface area contributed by atoms with Crippen molar-refractivity contribution in [3.63, 3.8) is 0 Å². The van der Waals surface area contributed by atoms with Gasteiger partial charge in [0, 0.05) is 24.2 Å². The Morgan fingerprint density at radius 2 is 1.10 bits per heavy atom. The number of carbonyl (C=O) groups excluding carboxylic acids is 4. The van der Waals surface area contributed by atoms with Crippen molar-refractivity contribution in [2.24, 2.45) is 11.8 Å². The highest BCUT2D eigenvalue weighted by Crippen LogP contribution is 2.47. The van der Waals surface area contributed by atoms with Crippen LogP contribution >= 0.6 is 0 Å². The van der Waals surface area contributed by atoms with Crippen LogP contribution in [0.1, 0.15) is 90.0 Å². The number of nitrogens with one attached hydrogen (secondary N) is 4. The van der Waals surface area contributed by atoms with Gasteiger partial charge in [-0.05, 0) is 73.9 Å². The van der Waals surface area contributed by atoms with Gasteiger partial charge in [0.1, 0.15) is 12.1 Å². The quantitative estimate of drug-likeness (QED) is 0.114. The number of aromatic amines is 2. The van der Waals surface area contributed by atoms with E-state index < -0.39 is 24.3 Å². The molecule has 0 saturated carbocycles. The number of hydrogen-bond acceptors (Lipinski definition) is 12. The second kappa shape index (κ2) is 17.1. The summed E-state index contributed by atoms with van der Waals surface area (Å²) in [5, 5.41) is 23.1. The van der Waals surface area contributed by atoms with Crippen LogP contribution in [0.3, 0.4) is 0 Å². The fourth-order valence-electron chi connectivity index (χ4n) is 7.71. The van der Waals surface area contributed by atoms with E-state index in [4.69, 9.17) is 18.9 Å². The minimum Gasteiger partial charge on any atom is -0.453 e. The zero-order valence-electron chi connectivity index (χ0n) is 33.5. The molecule has 5 heterocycles. The molecule has 0 aliphatic carbocycles. The Morgan fingerprint density at radius 1 is 0.690 bits per heavy atom. The zero-order valence-corrected chi connectivity index (χ0v) is 33.5. The van der Waals surface area contributed by atoms with Gasteiger partial charge < -0.3 is 49.3 Å². The Labute approximate surface area is 335 Å². The van der Waals surface area contributed by atoms with Gasteiger partial charge >= 0.3 is 12.2 Å². The maximum absolute atomic E-state index is 13.7. The summed E-state index contributed by atoms with van der Waals surface area (Å²) in [5.41, 5.74) is 1.43. The maximum Gasteiger partial charge on any atom is 0.407 e. The van der Waals surface area contributed by atoms with E-state index in [9.17, 15) is 19.2 Å². The van der Waals surface area contributed by atoms with E-state index in [1.165, 1.54) is 14.2 Å². The van der Waals surface area contributed by atoms with Gasteiger partial charge in [0.05, 0.1) is 26.3 Å². The number of likely N-dealkylation sites (tertiary alicyclic amines) is 2. The lowest BCUT2D eigenvalue weighted by Gasteiger charge is -2.30. The fraction of sp³-hybridized carbons (Fsp3) is 0.500. The molecular weight excluding hydrogens is 749 g/mol. The van der Waals surface area contributed by atoms with Gasteiger partial charge in [-0.2, -0.15) is 0 Å². The summed E-state index contributed by atoms with van der Waals surface area (Å²) in [6.45, 7) is 8.87. The van der Waals surface area contributed by atoms with E-state index in [1.54, 1.807) is 21.9 Å². The third kappa shape index (κ3) is 7.99. The minimum atomic E-state index is -0.725. The molecule has 2 saturated heterocycles. The largest absolute Gasteiger partial charge is 0.453 e. The summed E-state index contributed by atoms with van der Waals surface area (Å²) in [5.74, 6) is 3.56. The lowest BCUT2D eigenvalue weighted by molar-refractivity contribution is -0.136. The summed E-state index contributed by atoms with van der Waals surface area (Å²) in [7, 11) is 2.56. The molecule has 4 aromatic rings. The van der Waals surface area contributed by atoms with Crippen LogP contribution < -0.4 is 20.1 Å². The number of methoxy groups -OCH3 is 2. The molecule has 7 rings (SSSR count). The number of rotatable bonds is 12. The van der Waals surface area contributed by atoms with Gasteiger partial charge in [-0.15, -0.1) is 20.4 Å². The summed E-state index contributed by atoms with van der Waals surface area (Å²) in [6, 6.07) is 8.82. The van der Waals surface area contributed by atoms with Gasteiger partial charge in [0.15, 0.2) is 46.3 Å². The first kappa shape index (κ1) is 40.0. The predicted octanol–water partition coefficient (Wildman–Crippen LogP) is 6.02. The van der Waals surface area contributed by atoms with Crippen molar-refractivity contribution in [3.8, 4) is 45.8 Å². The number of alkyl carbamates (subject to hydrolysis) is 2. The monoisotopic (exact) mass is 798 g/mol. The van der Waals surface area contributed by atoms with Crippen LogP contribution in [0.25, 0.3) is 22.8 Å². The highest BCUT2D eigenvalue weighted by Gasteiger charge is 2.40. The zero-order chi connectivity index (χ0) is 41.1. The van der Waals surface area contributed by atoms with Crippen LogP contribution in [0.15, 0.2) is 36.4 Å². The van der Waals surface area contributed by atoms with E-state index in [0.29, 0.717) is 96.2 Å². The maximum atomic E-state index is 13.7. The lowest BCUT2D eigenvalue weighted by atomic mass is 9.97. The van der Waals surface area contributed by atoms with E-state index in [-0.39, 0.29) is 35.7 Å². The number of amides is 4. The number of H-pyrrole nitrogens is 2. The molecule has 2 aromatic heterocycles. The van der Waals surface area contributed by atoms with E-state index >= 15 is 0 Å². The van der Waals surface area contributed by atoms with Crippen LogP contribution in [0.2, 0.25) is 0 Å². The van der Waals surface area contributed by atoms with Gasteiger partial charge in [-0.1, -0.05) is 40.5 Å². The number of aromatic nitrogens is 6. The van der Waals surface area contributed by atoms with Crippen molar-refractivity contribution in [3.05, 3.63) is 48.0 Å². The molecule has 0 spiro atoms. The van der Waals surface area contributed by atoms with Gasteiger partial charge in [-0.3, -0.25) is 9.59 Å². The molecule has 18 heteroatoms. The number of nitrogens with zero attached hydrogens (tertiary/aromatic N) is 6. The smallest absolute Gasteiger partial charge is 0.407 e. The van der Waals surface area contributed by atoms with Crippen molar-refractivity contribution in [1.29, 1.82) is 0 Å². The molecule has 6 atom stereocenters. The summed E-state index contributed by atoms with van der Waals surface area (Å²) in [6.07, 6.45) is 3.10. The van der Waals surface area contributed by atoms with Gasteiger partial charge in [0.2, 0.25) is 11.8 Å². The van der Waals surface area contributed by atoms with Crippen LogP contribution in [0.4, 0.5) is 9.59 Å². The number of carbonyl (C=O) groups is 4. The van der Waals surface area contributed by atoms with Crippen LogP contribution in [0.5, 0.6) is 23.0 Å². The molecule has 3 aliphatic rings. The van der Waals surface area contributed by atoms with Crippen molar-refractivity contribution < 1.29 is 38.1 Å². The first-order valence-corrected chi connectivity index (χ1v) is 19.8. The van der Waals surface area contributed by atoms with Crippen molar-refractivity contribution >= 4 is 24.0 Å². The van der Waals surface area contributed by atoms with Crippen molar-refractivity contribution in [1.82, 2.24) is 50.8 Å². The fourth-order valence-corrected chi connectivity index (χ4v) is 7.71. The first-order chi connectivity index (χ1) is 28.0. The average molecular weight is 799 g/mol. The third-order valence-corrected chi connectivity index (χ3v) is 11.5. The van der Waals surface area contributed by atoms with Crippen molar-refractivity contribution in [2.45, 2.75) is 90.4 Å². The van der Waals surface area contributed by atoms with E-state index in [2.05, 4.69) is 41.0 Å². The number of ether oxygens (including phenoxy) is 4. The predicted molar refractivity (Wildman–Crippen MR) is 209 cm³/mol. The Balaban J connectivity index is 1.03. The van der Waals surface area contributed by atoms with Crippen molar-refractivity contribution in [2.75, 3.05) is 27.3 Å². The second-order valence-electron chi connectivity index (χ2n) is 15.0. The SMILES string of the molecule is CC[C@H](C)[C@H](NC(=O)OC)C(=O)N1CCC[C@H]1c1nnc(-c2ccc3c(c2)Oc2ccc(-c4nnc([C@@H]5CCCN5C(=O)[C@@H](NC(=O)OC)[C@@H](C)CC)[nH]4)cc2O3)[nH]1. The molecule has 308 valence electrons. The number of hydrogen-bond donors (Lipinski definition) is 4. The minimum absolute atomic E-state index is 0.0955. The average Bonchev–Trinajstić information content (AvgIpc) is 4.09. The molecule has 0 unspecified atom stereocenters. The Kier molecular flexibility index (Phi) is 11.8. The normalized spacial score (nSPS) is 19.1. The van der Waals surface area contributed by atoms with E-state index in [1.807, 2.05) is 52.0 Å². The lowest BCUT2D eigenvalue weighted by Crippen LogP contribution is -2.51. The Hall–Kier alpha value is -6.20. The molecule has 3 aliphatic heterocycles.